The van der Waals surface area contributed by atoms with Crippen LogP contribution in [-0.4, -0.2) is 18.3 Å². The largest absolute Gasteiger partial charge is 0.498 e. The van der Waals surface area contributed by atoms with Crippen LogP contribution in [0.3, 0.4) is 0 Å². The molecule has 0 spiro atoms. The van der Waals surface area contributed by atoms with Gasteiger partial charge in [-0.15, -0.1) is 0 Å². The van der Waals surface area contributed by atoms with Crippen molar-refractivity contribution in [2.75, 3.05) is 0 Å². The second-order valence-electron chi connectivity index (χ2n) is 10.8. The van der Waals surface area contributed by atoms with Crippen molar-refractivity contribution in [1.29, 1.82) is 0 Å². The van der Waals surface area contributed by atoms with Crippen LogP contribution < -0.4 is 5.46 Å². The van der Waals surface area contributed by atoms with E-state index in [1.165, 1.54) is 27.3 Å². The topological polar surface area (TPSA) is 31.6 Å². The van der Waals surface area contributed by atoms with Crippen molar-refractivity contribution in [2.45, 2.75) is 38.9 Å². The number of benzene rings is 5. The minimum atomic E-state index is -0.476. The van der Waals surface area contributed by atoms with Gasteiger partial charge < -0.3 is 13.7 Å². The first-order valence-electron chi connectivity index (χ1n) is 12.5. The Hall–Kier alpha value is -3.60. The lowest BCUT2D eigenvalue weighted by atomic mass is 9.78. The molecule has 0 N–H and O–H groups in total. The second kappa shape index (κ2) is 7.46. The van der Waals surface area contributed by atoms with E-state index in [9.17, 15) is 0 Å². The number of para-hydroxylation sites is 1. The normalized spacial score (nSPS) is 17.1. The van der Waals surface area contributed by atoms with E-state index in [1.807, 2.05) is 6.07 Å². The van der Waals surface area contributed by atoms with Gasteiger partial charge in [0.2, 0.25) is 0 Å². The van der Waals surface area contributed by atoms with Gasteiger partial charge in [0.15, 0.2) is 0 Å². The maximum atomic E-state index is 6.71. The number of hydrogen-bond acceptors (Lipinski definition) is 3. The minimum absolute atomic E-state index is 0.412. The van der Waals surface area contributed by atoms with Crippen LogP contribution in [-0.2, 0) is 9.31 Å². The molecule has 0 saturated carbocycles. The monoisotopic (exact) mass is 470 g/mol. The lowest BCUT2D eigenvalue weighted by molar-refractivity contribution is 0.00578. The molecule has 0 bridgehead atoms. The first-order chi connectivity index (χ1) is 17.3. The zero-order valence-electron chi connectivity index (χ0n) is 21.0. The molecule has 176 valence electrons. The van der Waals surface area contributed by atoms with Crippen molar-refractivity contribution in [3.05, 3.63) is 91.0 Å². The molecular formula is C32H27BO3. The van der Waals surface area contributed by atoms with Gasteiger partial charge in [0.05, 0.1) is 11.2 Å². The lowest BCUT2D eigenvalue weighted by Crippen LogP contribution is -2.41. The fraction of sp³-hybridized carbons (Fsp3) is 0.188. The first kappa shape index (κ1) is 21.7. The van der Waals surface area contributed by atoms with E-state index in [0.29, 0.717) is 0 Å². The predicted molar refractivity (Wildman–Crippen MR) is 150 cm³/mol. The van der Waals surface area contributed by atoms with Crippen molar-refractivity contribution >= 4 is 56.1 Å². The third-order valence-electron chi connectivity index (χ3n) is 8.11. The molecule has 1 aromatic heterocycles. The van der Waals surface area contributed by atoms with Crippen molar-refractivity contribution in [3.8, 4) is 11.1 Å². The summed E-state index contributed by atoms with van der Waals surface area (Å²) < 4.78 is 19.5. The molecule has 7 rings (SSSR count). The zero-order chi connectivity index (χ0) is 24.7. The van der Waals surface area contributed by atoms with Gasteiger partial charge in [-0.25, -0.2) is 0 Å². The molecule has 0 radical (unpaired) electrons. The third kappa shape index (κ3) is 3.08. The molecule has 3 nitrogen and oxygen atoms in total. The first-order valence-corrected chi connectivity index (χ1v) is 12.5. The van der Waals surface area contributed by atoms with Gasteiger partial charge in [-0.05, 0) is 67.1 Å². The average molecular weight is 470 g/mol. The van der Waals surface area contributed by atoms with E-state index in [1.54, 1.807) is 0 Å². The Bertz CT molecular complexity index is 1780. The van der Waals surface area contributed by atoms with Crippen LogP contribution in [0.15, 0.2) is 95.4 Å². The average Bonchev–Trinajstić information content (AvgIpc) is 3.36. The van der Waals surface area contributed by atoms with Crippen LogP contribution in [0.2, 0.25) is 0 Å². The Morgan fingerprint density at radius 1 is 0.556 bits per heavy atom. The van der Waals surface area contributed by atoms with E-state index in [4.69, 9.17) is 13.7 Å². The van der Waals surface area contributed by atoms with Crippen molar-refractivity contribution in [1.82, 2.24) is 0 Å². The standard InChI is InChI=1S/C32H27BO3/c1-31(2)32(3,4)36-33(35-31)27-12-8-11-25-26-18-15-21-13-14-23-19-22(20-9-6-5-7-10-20)16-17-24(23)28(21)30(26)34-29(25)27/h5-19H,1-4H3. The summed E-state index contributed by atoms with van der Waals surface area (Å²) in [7, 11) is -0.476. The van der Waals surface area contributed by atoms with Crippen LogP contribution in [0, 0.1) is 0 Å². The van der Waals surface area contributed by atoms with Gasteiger partial charge in [-0.3, -0.25) is 0 Å². The van der Waals surface area contributed by atoms with Gasteiger partial charge in [-0.1, -0.05) is 78.9 Å². The van der Waals surface area contributed by atoms with Gasteiger partial charge in [0.1, 0.15) is 11.2 Å². The summed E-state index contributed by atoms with van der Waals surface area (Å²) in [5, 5.41) is 6.88. The molecule has 0 aliphatic carbocycles. The van der Waals surface area contributed by atoms with E-state index in [0.717, 1.165) is 32.8 Å². The lowest BCUT2D eigenvalue weighted by Gasteiger charge is -2.32. The van der Waals surface area contributed by atoms with Crippen molar-refractivity contribution < 1.29 is 13.7 Å². The second-order valence-corrected chi connectivity index (χ2v) is 10.8. The fourth-order valence-corrected chi connectivity index (χ4v) is 5.39. The summed E-state index contributed by atoms with van der Waals surface area (Å²) in [4.78, 5) is 0. The maximum Gasteiger partial charge on any atom is 0.498 e. The predicted octanol–water partition coefficient (Wildman–Crippen LogP) is 7.86. The summed E-state index contributed by atoms with van der Waals surface area (Å²) >= 11 is 0. The molecule has 0 atom stereocenters. The molecule has 1 fully saturated rings. The Morgan fingerprint density at radius 2 is 1.22 bits per heavy atom. The highest BCUT2D eigenvalue weighted by Gasteiger charge is 2.52. The number of fused-ring (bicyclic) bond motifs is 7. The summed E-state index contributed by atoms with van der Waals surface area (Å²) in [6.45, 7) is 8.31. The van der Waals surface area contributed by atoms with E-state index < -0.39 is 18.3 Å². The van der Waals surface area contributed by atoms with E-state index in [-0.39, 0.29) is 0 Å². The minimum Gasteiger partial charge on any atom is -0.456 e. The molecular weight excluding hydrogens is 443 g/mol. The number of hydrogen-bond donors (Lipinski definition) is 0. The molecule has 6 aromatic rings. The summed E-state index contributed by atoms with van der Waals surface area (Å²) in [6.07, 6.45) is 0. The van der Waals surface area contributed by atoms with Crippen molar-refractivity contribution in [3.63, 3.8) is 0 Å². The van der Waals surface area contributed by atoms with Crippen LogP contribution in [0.25, 0.3) is 54.6 Å². The van der Waals surface area contributed by atoms with Gasteiger partial charge in [0.25, 0.3) is 0 Å². The molecule has 1 saturated heterocycles. The molecule has 5 aromatic carbocycles. The fourth-order valence-electron chi connectivity index (χ4n) is 5.39. The Morgan fingerprint density at radius 3 is 2.00 bits per heavy atom. The molecule has 0 unspecified atom stereocenters. The van der Waals surface area contributed by atoms with Gasteiger partial charge >= 0.3 is 7.12 Å². The summed E-state index contributed by atoms with van der Waals surface area (Å²) in [5.74, 6) is 0. The highest BCUT2D eigenvalue weighted by molar-refractivity contribution is 6.65. The molecule has 36 heavy (non-hydrogen) atoms. The highest BCUT2D eigenvalue weighted by Crippen LogP contribution is 2.40. The molecule has 4 heteroatoms. The van der Waals surface area contributed by atoms with Crippen LogP contribution in [0.4, 0.5) is 0 Å². The molecule has 1 aliphatic rings. The highest BCUT2D eigenvalue weighted by atomic mass is 16.7. The van der Waals surface area contributed by atoms with Gasteiger partial charge in [-0.2, -0.15) is 0 Å². The van der Waals surface area contributed by atoms with Crippen molar-refractivity contribution in [2.24, 2.45) is 0 Å². The maximum absolute atomic E-state index is 6.71. The smallest absolute Gasteiger partial charge is 0.456 e. The molecule has 2 heterocycles. The third-order valence-corrected chi connectivity index (χ3v) is 8.11. The Labute approximate surface area is 210 Å². The zero-order valence-corrected chi connectivity index (χ0v) is 21.0. The van der Waals surface area contributed by atoms with Gasteiger partial charge in [0, 0.05) is 21.6 Å². The Kier molecular flexibility index (Phi) is 4.49. The number of furan rings is 1. The van der Waals surface area contributed by atoms with E-state index >= 15 is 0 Å². The summed E-state index contributed by atoms with van der Waals surface area (Å²) in [5.41, 5.74) is 4.27. The molecule has 1 aliphatic heterocycles. The molecule has 0 amide bonds. The quantitative estimate of drug-likeness (QED) is 0.191. The van der Waals surface area contributed by atoms with E-state index in [2.05, 4.69) is 113 Å². The SMILES string of the molecule is CC1(C)OB(c2cccc3c2oc2c3ccc3ccc4cc(-c5ccccc5)ccc4c32)OC1(C)C. The van der Waals surface area contributed by atoms with Crippen LogP contribution in [0.1, 0.15) is 27.7 Å². The van der Waals surface area contributed by atoms with Crippen LogP contribution >= 0.6 is 0 Å². The summed E-state index contributed by atoms with van der Waals surface area (Å²) in [6, 6.07) is 32.2. The number of rotatable bonds is 2. The Balaban J connectivity index is 1.46. The van der Waals surface area contributed by atoms with Crippen LogP contribution in [0.5, 0.6) is 0 Å².